The first-order chi connectivity index (χ1) is 25.4. The molecule has 0 aliphatic carbocycles. The molecule has 0 bridgehead atoms. The third-order valence-corrected chi connectivity index (χ3v) is 10.2. The highest BCUT2D eigenvalue weighted by molar-refractivity contribution is 8.00. The van der Waals surface area contributed by atoms with Crippen molar-refractivity contribution in [1.82, 2.24) is 44.3 Å². The molecule has 4 aromatic heterocycles. The van der Waals surface area contributed by atoms with Crippen LogP contribution in [0.4, 0.5) is 14.5 Å². The van der Waals surface area contributed by atoms with Crippen molar-refractivity contribution in [3.8, 4) is 17.0 Å². The molecular weight excluding hydrogens is 702 g/mol. The second kappa shape index (κ2) is 16.1. The maximum absolute atomic E-state index is 13.6. The lowest BCUT2D eigenvalue weighted by Gasteiger charge is -2.35. The van der Waals surface area contributed by atoms with Crippen LogP contribution in [0.25, 0.3) is 16.9 Å². The Morgan fingerprint density at radius 2 is 1.96 bits per heavy atom. The Bertz CT molecular complexity index is 1990. The summed E-state index contributed by atoms with van der Waals surface area (Å²) in [6, 6.07) is 7.42. The number of fused-ring (bicyclic) bond motifs is 1. The summed E-state index contributed by atoms with van der Waals surface area (Å²) >= 11 is 1.58. The summed E-state index contributed by atoms with van der Waals surface area (Å²) < 4.78 is 48.1. The van der Waals surface area contributed by atoms with E-state index in [9.17, 15) is 13.6 Å². The second-order valence-electron chi connectivity index (χ2n) is 12.4. The molecule has 19 heteroatoms. The second-order valence-corrected chi connectivity index (χ2v) is 13.8. The molecule has 274 valence electrons. The van der Waals surface area contributed by atoms with Crippen LogP contribution in [-0.4, -0.2) is 119 Å². The number of benzene rings is 1. The van der Waals surface area contributed by atoms with Crippen molar-refractivity contribution in [3.05, 3.63) is 66.5 Å². The van der Waals surface area contributed by atoms with Gasteiger partial charge in [0.15, 0.2) is 5.65 Å². The number of amides is 1. The van der Waals surface area contributed by atoms with Gasteiger partial charge in [0.05, 0.1) is 55.7 Å². The number of likely N-dealkylation sites (tertiary alicyclic amines) is 1. The molecule has 1 amide bonds. The average Bonchev–Trinajstić information content (AvgIpc) is 3.95. The van der Waals surface area contributed by atoms with Gasteiger partial charge in [0.1, 0.15) is 22.7 Å². The maximum atomic E-state index is 13.6. The number of nitrogens with zero attached hydrogens (tertiary/aromatic N) is 9. The number of piperidine rings is 1. The summed E-state index contributed by atoms with van der Waals surface area (Å²) in [5.41, 5.74) is 2.15. The molecule has 3 fully saturated rings. The van der Waals surface area contributed by atoms with E-state index in [0.29, 0.717) is 41.8 Å². The summed E-state index contributed by atoms with van der Waals surface area (Å²) in [7, 11) is 0. The lowest BCUT2D eigenvalue weighted by atomic mass is 10.0. The lowest BCUT2D eigenvalue weighted by molar-refractivity contribution is -0.122. The van der Waals surface area contributed by atoms with E-state index < -0.39 is 12.5 Å². The number of hydrogen-bond donors (Lipinski definition) is 2. The van der Waals surface area contributed by atoms with Crippen LogP contribution in [-0.2, 0) is 20.8 Å². The number of carbonyl (C=O) groups is 2. The zero-order valence-corrected chi connectivity index (χ0v) is 28.6. The molecule has 3 aliphatic heterocycles. The van der Waals surface area contributed by atoms with Crippen molar-refractivity contribution in [1.29, 1.82) is 0 Å². The molecule has 3 aliphatic rings. The van der Waals surface area contributed by atoms with Gasteiger partial charge in [-0.2, -0.15) is 19.0 Å². The van der Waals surface area contributed by atoms with E-state index in [4.69, 9.17) is 29.2 Å². The van der Waals surface area contributed by atoms with Crippen molar-refractivity contribution >= 4 is 35.5 Å². The Kier molecular flexibility index (Phi) is 11.0. The maximum Gasteiger partial charge on any atom is 0.387 e. The van der Waals surface area contributed by atoms with Gasteiger partial charge in [-0.1, -0.05) is 5.21 Å². The highest BCUT2D eigenvalue weighted by Crippen LogP contribution is 2.40. The Labute approximate surface area is 300 Å². The summed E-state index contributed by atoms with van der Waals surface area (Å²) in [5.74, 6) is -0.548. The average molecular weight is 739 g/mol. The highest BCUT2D eigenvalue weighted by Gasteiger charge is 2.29. The minimum absolute atomic E-state index is 0.0657. The SMILES string of the molecule is O=C(Nc1cn(Cc2cn(C3CCN([C@H]4CCOC4)CC3)nn2)nc1-c1cc(SC2COC2)ccc1OC(F)F)c1cnn2cccnc12.O=CO. The predicted molar refractivity (Wildman–Crippen MR) is 183 cm³/mol. The molecule has 0 spiro atoms. The van der Waals surface area contributed by atoms with Gasteiger partial charge in [0, 0.05) is 54.8 Å². The van der Waals surface area contributed by atoms with Crippen LogP contribution in [0, 0.1) is 0 Å². The standard InChI is InChI=1S/C32H34F2N10O4S.CH2O2/c33-32(34)48-28-3-2-23(49-24-18-47-19-24)12-25(28)29-27(37-31(45)26-13-36-43-8-1-7-35-30(26)43)16-42(39-29)14-20-15-44(40-38-20)21-4-9-41(10-5-21)22-6-11-46-17-22;2-1-3/h1-3,7-8,12-13,15-16,21-22,24,32H,4-6,9-11,14,17-19H2,(H,37,45);1H,(H,2,3)/t22-;/m0./s1. The third kappa shape index (κ3) is 8.06. The zero-order chi connectivity index (χ0) is 36.0. The normalized spacial score (nSPS) is 18.2. The van der Waals surface area contributed by atoms with Crippen LogP contribution in [0.2, 0.25) is 0 Å². The van der Waals surface area contributed by atoms with Gasteiger partial charge in [-0.3, -0.25) is 19.2 Å². The Morgan fingerprint density at radius 3 is 2.69 bits per heavy atom. The fourth-order valence-electron chi connectivity index (χ4n) is 6.47. The first kappa shape index (κ1) is 35.4. The Morgan fingerprint density at radius 1 is 1.13 bits per heavy atom. The Balaban J connectivity index is 0.00000136. The number of rotatable bonds is 11. The van der Waals surface area contributed by atoms with Crippen molar-refractivity contribution < 1.29 is 37.7 Å². The van der Waals surface area contributed by atoms with Crippen molar-refractivity contribution in [2.45, 2.75) is 54.6 Å². The van der Waals surface area contributed by atoms with Crippen molar-refractivity contribution in [2.75, 3.05) is 44.8 Å². The van der Waals surface area contributed by atoms with E-state index in [2.05, 4.69) is 30.6 Å². The number of anilines is 1. The molecule has 16 nitrogen and oxygen atoms in total. The quantitative estimate of drug-likeness (QED) is 0.188. The predicted octanol–water partition coefficient (Wildman–Crippen LogP) is 3.70. The number of ether oxygens (including phenoxy) is 3. The van der Waals surface area contributed by atoms with Gasteiger partial charge in [0.25, 0.3) is 12.4 Å². The number of carboxylic acid groups (broad SMARTS) is 1. The van der Waals surface area contributed by atoms with Gasteiger partial charge in [-0.15, -0.1) is 16.9 Å². The topological polar surface area (TPSA) is 176 Å². The number of aromatic nitrogens is 8. The van der Waals surface area contributed by atoms with Gasteiger partial charge in [-0.05, 0) is 43.5 Å². The molecule has 0 radical (unpaired) electrons. The molecule has 3 saturated heterocycles. The lowest BCUT2D eigenvalue weighted by Crippen LogP contribution is -2.42. The number of hydrogen-bond acceptors (Lipinski definition) is 12. The monoisotopic (exact) mass is 738 g/mol. The van der Waals surface area contributed by atoms with Crippen LogP contribution in [0.1, 0.15) is 41.4 Å². The summed E-state index contributed by atoms with van der Waals surface area (Å²) in [5, 5.41) is 27.9. The number of nitrogens with one attached hydrogen (secondary N) is 1. The zero-order valence-electron chi connectivity index (χ0n) is 27.8. The molecule has 1 aromatic carbocycles. The molecule has 5 aromatic rings. The van der Waals surface area contributed by atoms with Gasteiger partial charge in [-0.25, -0.2) is 14.2 Å². The number of halogens is 2. The van der Waals surface area contributed by atoms with Gasteiger partial charge < -0.3 is 24.6 Å². The summed E-state index contributed by atoms with van der Waals surface area (Å²) in [6.07, 6.45) is 11.3. The molecule has 7 heterocycles. The van der Waals surface area contributed by atoms with Gasteiger partial charge >= 0.3 is 6.61 Å². The molecule has 0 unspecified atom stereocenters. The van der Waals surface area contributed by atoms with Crippen LogP contribution in [0.15, 0.2) is 60.1 Å². The number of thioether (sulfide) groups is 1. The fourth-order valence-corrected chi connectivity index (χ4v) is 7.51. The van der Waals surface area contributed by atoms with E-state index >= 15 is 0 Å². The van der Waals surface area contributed by atoms with Gasteiger partial charge in [0.2, 0.25) is 0 Å². The first-order valence-corrected chi connectivity index (χ1v) is 17.6. The molecule has 1 atom stereocenters. The smallest absolute Gasteiger partial charge is 0.387 e. The molecule has 8 rings (SSSR count). The van der Waals surface area contributed by atoms with E-state index in [1.54, 1.807) is 53.2 Å². The highest BCUT2D eigenvalue weighted by atomic mass is 32.2. The minimum atomic E-state index is -3.06. The number of alkyl halides is 2. The van der Waals surface area contributed by atoms with Crippen molar-refractivity contribution in [3.63, 3.8) is 0 Å². The molecular formula is C33H36F2N10O6S. The minimum Gasteiger partial charge on any atom is -0.483 e. The molecule has 0 saturated carbocycles. The van der Waals surface area contributed by atoms with Crippen LogP contribution >= 0.6 is 11.8 Å². The fraction of sp³-hybridized carbons (Fsp3) is 0.424. The van der Waals surface area contributed by atoms with E-state index in [1.165, 1.54) is 16.8 Å². The van der Waals surface area contributed by atoms with Crippen molar-refractivity contribution in [2.24, 2.45) is 0 Å². The summed E-state index contributed by atoms with van der Waals surface area (Å²) in [4.78, 5) is 29.6. The van der Waals surface area contributed by atoms with Crippen LogP contribution < -0.4 is 10.1 Å². The number of carbonyl (C=O) groups excluding carboxylic acids is 1. The largest absolute Gasteiger partial charge is 0.483 e. The van der Waals surface area contributed by atoms with Crippen LogP contribution in [0.5, 0.6) is 5.75 Å². The van der Waals surface area contributed by atoms with E-state index in [1.807, 2.05) is 10.9 Å². The van der Waals surface area contributed by atoms with Crippen LogP contribution in [0.3, 0.4) is 0 Å². The summed E-state index contributed by atoms with van der Waals surface area (Å²) in [6.45, 7) is 1.73. The molecule has 2 N–H and O–H groups in total. The third-order valence-electron chi connectivity index (χ3n) is 9.04. The van der Waals surface area contributed by atoms with E-state index in [0.717, 1.165) is 50.5 Å². The first-order valence-electron chi connectivity index (χ1n) is 16.7. The molecule has 52 heavy (non-hydrogen) atoms. The Hall–Kier alpha value is -4.98. The van der Waals surface area contributed by atoms with E-state index in [-0.39, 0.29) is 41.3 Å².